The number of hydrogen-bond donors (Lipinski definition) is 1. The Morgan fingerprint density at radius 1 is 1.12 bits per heavy atom. The van der Waals surface area contributed by atoms with Crippen molar-refractivity contribution in [1.29, 1.82) is 0 Å². The van der Waals surface area contributed by atoms with E-state index in [0.717, 1.165) is 17.9 Å². The summed E-state index contributed by atoms with van der Waals surface area (Å²) in [5.74, 6) is 1.02. The zero-order chi connectivity index (χ0) is 11.9. The minimum absolute atomic E-state index is 1.01. The Labute approximate surface area is 103 Å². The first kappa shape index (κ1) is 11.8. The van der Waals surface area contributed by atoms with Gasteiger partial charge in [0.25, 0.3) is 0 Å². The summed E-state index contributed by atoms with van der Waals surface area (Å²) >= 11 is 0. The van der Waals surface area contributed by atoms with Gasteiger partial charge in [-0.15, -0.1) is 5.17 Å². The molecule has 0 saturated heterocycles. The van der Waals surface area contributed by atoms with E-state index >= 15 is 0 Å². The molecular weight excluding hydrogens is 212 g/mol. The molecule has 92 valence electrons. The van der Waals surface area contributed by atoms with Crippen molar-refractivity contribution in [2.24, 2.45) is 0 Å². The molecule has 0 spiro atoms. The summed E-state index contributed by atoms with van der Waals surface area (Å²) in [6.45, 7) is 2.23. The van der Waals surface area contributed by atoms with Crippen molar-refractivity contribution in [2.75, 3.05) is 5.17 Å². The van der Waals surface area contributed by atoms with E-state index in [0.29, 0.717) is 0 Å². The Hall–Kier alpha value is -1.64. The van der Waals surface area contributed by atoms with Crippen LogP contribution in [-0.2, 0) is 4.84 Å². The molecule has 2 rings (SSSR count). The van der Waals surface area contributed by atoms with Crippen LogP contribution in [0, 0.1) is 0 Å². The summed E-state index contributed by atoms with van der Waals surface area (Å²) in [6, 6.07) is 10.0. The highest BCUT2D eigenvalue weighted by molar-refractivity contribution is 5.43. The van der Waals surface area contributed by atoms with E-state index in [4.69, 9.17) is 4.84 Å². The lowest BCUT2D eigenvalue weighted by Crippen LogP contribution is -2.28. The van der Waals surface area contributed by atoms with Crippen LogP contribution in [0.2, 0.25) is 0 Å². The van der Waals surface area contributed by atoms with Crippen molar-refractivity contribution in [3.05, 3.63) is 42.3 Å². The molecule has 1 aliphatic heterocycles. The van der Waals surface area contributed by atoms with Crippen LogP contribution >= 0.6 is 0 Å². The number of nitrogens with one attached hydrogen (secondary N) is 1. The Bertz CT molecular complexity index is 362. The van der Waals surface area contributed by atoms with E-state index < -0.39 is 0 Å². The maximum Gasteiger partial charge on any atom is 0.152 e. The quantitative estimate of drug-likeness (QED) is 0.756. The summed E-state index contributed by atoms with van der Waals surface area (Å²) in [6.07, 6.45) is 8.01. The Balaban J connectivity index is 1.75. The van der Waals surface area contributed by atoms with E-state index in [9.17, 15) is 0 Å². The number of allylic oxidation sites excluding steroid dienone is 1. The van der Waals surface area contributed by atoms with Crippen LogP contribution in [0.1, 0.15) is 39.0 Å². The van der Waals surface area contributed by atoms with Gasteiger partial charge in [-0.25, -0.2) is 0 Å². The molecule has 1 heterocycles. The van der Waals surface area contributed by atoms with E-state index in [1.807, 2.05) is 36.5 Å². The second kappa shape index (κ2) is 6.18. The van der Waals surface area contributed by atoms with Gasteiger partial charge in [0, 0.05) is 6.42 Å². The van der Waals surface area contributed by atoms with Gasteiger partial charge in [0.2, 0.25) is 0 Å². The summed E-state index contributed by atoms with van der Waals surface area (Å²) in [5, 5.41) is 1.70. The molecule has 3 nitrogen and oxygen atoms in total. The van der Waals surface area contributed by atoms with Crippen molar-refractivity contribution in [2.45, 2.75) is 39.0 Å². The van der Waals surface area contributed by atoms with Crippen molar-refractivity contribution >= 4 is 5.69 Å². The SMILES string of the molecule is CCCCCCC1=CNN(c2ccccc2)O1. The molecular formula is C14H20N2O. The van der Waals surface area contributed by atoms with Crippen LogP contribution in [0.3, 0.4) is 0 Å². The Morgan fingerprint density at radius 3 is 2.71 bits per heavy atom. The number of anilines is 1. The molecule has 0 unspecified atom stereocenters. The van der Waals surface area contributed by atoms with Gasteiger partial charge in [-0.2, -0.15) is 0 Å². The summed E-state index contributed by atoms with van der Waals surface area (Å²) in [7, 11) is 0. The van der Waals surface area contributed by atoms with Crippen molar-refractivity contribution in [1.82, 2.24) is 5.43 Å². The fourth-order valence-electron chi connectivity index (χ4n) is 1.84. The molecule has 1 N–H and O–H groups in total. The number of hydrogen-bond acceptors (Lipinski definition) is 3. The third kappa shape index (κ3) is 3.41. The zero-order valence-corrected chi connectivity index (χ0v) is 10.4. The normalized spacial score (nSPS) is 14.2. The van der Waals surface area contributed by atoms with Crippen molar-refractivity contribution in [3.8, 4) is 0 Å². The standard InChI is InChI=1S/C14H20N2O/c1-2-3-4-8-11-14-12-15-16(17-14)13-9-6-5-7-10-13/h5-7,9-10,12,15H,2-4,8,11H2,1H3. The van der Waals surface area contributed by atoms with Crippen molar-refractivity contribution in [3.63, 3.8) is 0 Å². The molecule has 0 radical (unpaired) electrons. The van der Waals surface area contributed by atoms with Gasteiger partial charge in [-0.05, 0) is 18.6 Å². The molecule has 0 fully saturated rings. The lowest BCUT2D eigenvalue weighted by atomic mass is 10.1. The summed E-state index contributed by atoms with van der Waals surface area (Å²) in [4.78, 5) is 5.71. The number of rotatable bonds is 6. The van der Waals surface area contributed by atoms with Crippen molar-refractivity contribution < 1.29 is 4.84 Å². The van der Waals surface area contributed by atoms with E-state index in [2.05, 4.69) is 12.3 Å². The second-order valence-corrected chi connectivity index (χ2v) is 4.27. The first-order chi connectivity index (χ1) is 8.40. The molecule has 0 bridgehead atoms. The molecule has 1 aliphatic rings. The Morgan fingerprint density at radius 2 is 1.94 bits per heavy atom. The van der Waals surface area contributed by atoms with Gasteiger partial charge in [-0.1, -0.05) is 44.4 Å². The van der Waals surface area contributed by atoms with E-state index in [1.54, 1.807) is 5.17 Å². The smallest absolute Gasteiger partial charge is 0.152 e. The van der Waals surface area contributed by atoms with Crippen LogP contribution in [0.5, 0.6) is 0 Å². The predicted octanol–water partition coefficient (Wildman–Crippen LogP) is 3.75. The van der Waals surface area contributed by atoms with Gasteiger partial charge in [-0.3, -0.25) is 5.43 Å². The highest BCUT2D eigenvalue weighted by Crippen LogP contribution is 2.21. The lowest BCUT2D eigenvalue weighted by Gasteiger charge is -2.17. The lowest BCUT2D eigenvalue weighted by molar-refractivity contribution is 0.182. The van der Waals surface area contributed by atoms with Crippen LogP contribution in [-0.4, -0.2) is 0 Å². The first-order valence-electron chi connectivity index (χ1n) is 6.38. The zero-order valence-electron chi connectivity index (χ0n) is 10.4. The van der Waals surface area contributed by atoms with Gasteiger partial charge in [0.1, 0.15) is 0 Å². The fourth-order valence-corrected chi connectivity index (χ4v) is 1.84. The molecule has 0 amide bonds. The fraction of sp³-hybridized carbons (Fsp3) is 0.429. The predicted molar refractivity (Wildman–Crippen MR) is 70.0 cm³/mol. The number of hydrazine groups is 1. The number of unbranched alkanes of at least 4 members (excludes halogenated alkanes) is 3. The maximum atomic E-state index is 5.71. The van der Waals surface area contributed by atoms with Gasteiger partial charge in [0.05, 0.1) is 11.9 Å². The molecule has 17 heavy (non-hydrogen) atoms. The first-order valence-corrected chi connectivity index (χ1v) is 6.38. The Kier molecular flexibility index (Phi) is 4.30. The largest absolute Gasteiger partial charge is 0.362 e. The minimum Gasteiger partial charge on any atom is -0.362 e. The van der Waals surface area contributed by atoms with E-state index in [-0.39, 0.29) is 0 Å². The highest BCUT2D eigenvalue weighted by Gasteiger charge is 2.15. The monoisotopic (exact) mass is 232 g/mol. The maximum absolute atomic E-state index is 5.71. The van der Waals surface area contributed by atoms with Gasteiger partial charge in [0.15, 0.2) is 5.76 Å². The number of nitrogens with zero attached hydrogens (tertiary/aromatic N) is 1. The molecule has 1 aromatic rings. The van der Waals surface area contributed by atoms with E-state index in [1.165, 1.54) is 25.7 Å². The van der Waals surface area contributed by atoms with Crippen LogP contribution < -0.4 is 10.6 Å². The molecule has 0 aliphatic carbocycles. The summed E-state index contributed by atoms with van der Waals surface area (Å²) < 4.78 is 0. The molecule has 0 saturated carbocycles. The number of benzene rings is 1. The van der Waals surface area contributed by atoms with Gasteiger partial charge >= 0.3 is 0 Å². The summed E-state index contributed by atoms with van der Waals surface area (Å²) in [5.41, 5.74) is 4.13. The van der Waals surface area contributed by atoms with Crippen LogP contribution in [0.25, 0.3) is 0 Å². The molecule has 0 atom stereocenters. The van der Waals surface area contributed by atoms with Gasteiger partial charge < -0.3 is 4.84 Å². The average molecular weight is 232 g/mol. The average Bonchev–Trinajstić information content (AvgIpc) is 2.85. The second-order valence-electron chi connectivity index (χ2n) is 4.27. The molecule has 0 aromatic heterocycles. The topological polar surface area (TPSA) is 24.5 Å². The molecule has 3 heteroatoms. The van der Waals surface area contributed by atoms with Crippen LogP contribution in [0.4, 0.5) is 5.69 Å². The highest BCUT2D eigenvalue weighted by atomic mass is 16.7. The number of para-hydroxylation sites is 1. The molecule has 1 aromatic carbocycles. The third-order valence-electron chi connectivity index (χ3n) is 2.82. The minimum atomic E-state index is 1.01. The third-order valence-corrected chi connectivity index (χ3v) is 2.82. The van der Waals surface area contributed by atoms with Crippen LogP contribution in [0.15, 0.2) is 42.3 Å².